The van der Waals surface area contributed by atoms with Crippen molar-refractivity contribution in [2.45, 2.75) is 46.6 Å². The summed E-state index contributed by atoms with van der Waals surface area (Å²) >= 11 is 0. The minimum atomic E-state index is -0.633. The van der Waals surface area contributed by atoms with Crippen LogP contribution in [0.1, 0.15) is 56.1 Å². The van der Waals surface area contributed by atoms with Gasteiger partial charge in [0.15, 0.2) is 16.9 Å². The van der Waals surface area contributed by atoms with E-state index in [1.807, 2.05) is 4.57 Å². The second kappa shape index (κ2) is 8.52. The molecule has 1 aromatic carbocycles. The topological polar surface area (TPSA) is 98.0 Å². The predicted octanol–water partition coefficient (Wildman–Crippen LogP) is 3.30. The highest BCUT2D eigenvalue weighted by Gasteiger charge is 2.34. The number of aromatic nitrogens is 1. The number of aliphatic hydroxyl groups excluding tert-OH is 1. The summed E-state index contributed by atoms with van der Waals surface area (Å²) in [7, 11) is 0. The maximum atomic E-state index is 12.7. The van der Waals surface area contributed by atoms with E-state index in [2.05, 4.69) is 20.8 Å². The van der Waals surface area contributed by atoms with Crippen molar-refractivity contribution in [3.05, 3.63) is 45.7 Å². The van der Waals surface area contributed by atoms with Crippen LogP contribution >= 0.6 is 0 Å². The zero-order chi connectivity index (χ0) is 22.1. The number of hydrogen-bond acceptors (Lipinski definition) is 6. The second-order valence-corrected chi connectivity index (χ2v) is 8.55. The molecule has 3 rings (SSSR count). The highest BCUT2D eigenvalue weighted by atomic mass is 16.5. The Morgan fingerprint density at radius 3 is 2.63 bits per heavy atom. The molecule has 7 nitrogen and oxygen atoms in total. The molecule has 1 aromatic heterocycles. The van der Waals surface area contributed by atoms with Gasteiger partial charge in [-0.2, -0.15) is 0 Å². The molecule has 0 bridgehead atoms. The van der Waals surface area contributed by atoms with Gasteiger partial charge in [0.1, 0.15) is 5.56 Å². The number of ether oxygens (including phenoxy) is 2. The van der Waals surface area contributed by atoms with Gasteiger partial charge in [0.2, 0.25) is 0 Å². The van der Waals surface area contributed by atoms with Gasteiger partial charge in [-0.3, -0.25) is 4.79 Å². The Balaban J connectivity index is 2.15. The van der Waals surface area contributed by atoms with Crippen molar-refractivity contribution < 1.29 is 24.5 Å². The number of carbonyl (C=O) groups is 1. The number of nitrogens with zero attached hydrogens (tertiary/aromatic N) is 1. The molecule has 30 heavy (non-hydrogen) atoms. The number of rotatable bonds is 6. The number of esters is 1. The van der Waals surface area contributed by atoms with Crippen LogP contribution in [-0.2, 0) is 11.2 Å². The fourth-order valence-corrected chi connectivity index (χ4v) is 3.80. The second-order valence-electron chi connectivity index (χ2n) is 8.55. The predicted molar refractivity (Wildman–Crippen MR) is 113 cm³/mol. The van der Waals surface area contributed by atoms with Gasteiger partial charge >= 0.3 is 5.97 Å². The average molecular weight is 415 g/mol. The van der Waals surface area contributed by atoms with Crippen LogP contribution in [0.4, 0.5) is 0 Å². The largest absolute Gasteiger partial charge is 0.504 e. The van der Waals surface area contributed by atoms with Crippen LogP contribution in [0.5, 0.6) is 11.5 Å². The third-order valence-corrected chi connectivity index (χ3v) is 5.34. The van der Waals surface area contributed by atoms with Crippen LogP contribution < -0.4 is 10.2 Å². The fraction of sp³-hybridized carbons (Fsp3) is 0.478. The van der Waals surface area contributed by atoms with Gasteiger partial charge < -0.3 is 24.3 Å². The lowest BCUT2D eigenvalue weighted by Crippen LogP contribution is -2.33. The first-order chi connectivity index (χ1) is 14.2. The number of pyridine rings is 1. The molecular formula is C23H29NO6. The van der Waals surface area contributed by atoms with E-state index in [1.54, 1.807) is 25.3 Å². The molecule has 1 atom stereocenters. The van der Waals surface area contributed by atoms with Crippen molar-refractivity contribution in [3.63, 3.8) is 0 Å². The Bertz CT molecular complexity index is 1000. The number of hydrogen-bond donors (Lipinski definition) is 2. The lowest BCUT2D eigenvalue weighted by molar-refractivity contribution is 0.0523. The van der Waals surface area contributed by atoms with E-state index in [0.717, 1.165) is 11.1 Å². The first-order valence-corrected chi connectivity index (χ1v) is 10.2. The Kier molecular flexibility index (Phi) is 6.22. The van der Waals surface area contributed by atoms with E-state index >= 15 is 0 Å². The molecule has 0 fully saturated rings. The number of aromatic hydroxyl groups is 1. The van der Waals surface area contributed by atoms with Gasteiger partial charge in [-0.25, -0.2) is 4.79 Å². The summed E-state index contributed by atoms with van der Waals surface area (Å²) in [6, 6.07) is 4.81. The molecule has 2 aromatic rings. The molecule has 0 amide bonds. The Morgan fingerprint density at radius 1 is 1.27 bits per heavy atom. The van der Waals surface area contributed by atoms with Crippen LogP contribution in [0.15, 0.2) is 29.2 Å². The number of fused-ring (bicyclic) bond motifs is 3. The fourth-order valence-electron chi connectivity index (χ4n) is 3.80. The minimum Gasteiger partial charge on any atom is -0.504 e. The normalized spacial score (nSPS) is 15.3. The van der Waals surface area contributed by atoms with Crippen molar-refractivity contribution in [1.82, 2.24) is 4.57 Å². The molecule has 2 heterocycles. The molecule has 0 spiro atoms. The molecule has 162 valence electrons. The van der Waals surface area contributed by atoms with E-state index in [1.165, 1.54) is 6.07 Å². The summed E-state index contributed by atoms with van der Waals surface area (Å²) in [4.78, 5) is 24.9. The van der Waals surface area contributed by atoms with Crippen LogP contribution in [-0.4, -0.2) is 40.6 Å². The van der Waals surface area contributed by atoms with E-state index in [-0.39, 0.29) is 36.0 Å². The monoisotopic (exact) mass is 415 g/mol. The van der Waals surface area contributed by atoms with Crippen LogP contribution in [0.3, 0.4) is 0 Å². The zero-order valence-corrected chi connectivity index (χ0v) is 17.9. The molecule has 1 unspecified atom stereocenters. The maximum Gasteiger partial charge on any atom is 0.343 e. The Labute approximate surface area is 175 Å². The highest BCUT2D eigenvalue weighted by Crippen LogP contribution is 2.45. The average Bonchev–Trinajstić information content (AvgIpc) is 2.67. The number of carbonyl (C=O) groups excluding carboxylic acids is 1. The Morgan fingerprint density at radius 2 is 2.00 bits per heavy atom. The van der Waals surface area contributed by atoms with Crippen molar-refractivity contribution in [1.29, 1.82) is 0 Å². The van der Waals surface area contributed by atoms with E-state index in [9.17, 15) is 14.7 Å². The van der Waals surface area contributed by atoms with Gasteiger partial charge in [0.25, 0.3) is 0 Å². The molecule has 1 aliphatic heterocycles. The summed E-state index contributed by atoms with van der Waals surface area (Å²) in [6.45, 7) is 8.51. The first-order valence-electron chi connectivity index (χ1n) is 10.2. The highest BCUT2D eigenvalue weighted by molar-refractivity contribution is 5.89. The summed E-state index contributed by atoms with van der Waals surface area (Å²) in [6.07, 6.45) is 2.70. The van der Waals surface area contributed by atoms with Crippen LogP contribution in [0.2, 0.25) is 0 Å². The molecular weight excluding hydrogens is 386 g/mol. The summed E-state index contributed by atoms with van der Waals surface area (Å²) < 4.78 is 12.6. The molecule has 2 N–H and O–H groups in total. The number of phenols is 1. The van der Waals surface area contributed by atoms with E-state index in [4.69, 9.17) is 14.6 Å². The zero-order valence-electron chi connectivity index (χ0n) is 17.9. The molecule has 0 aliphatic carbocycles. The summed E-state index contributed by atoms with van der Waals surface area (Å²) in [5, 5.41) is 19.4. The number of phenolic OH excluding ortho intramolecular Hbond substituents is 1. The van der Waals surface area contributed by atoms with Gasteiger partial charge in [-0.1, -0.05) is 20.8 Å². The lowest BCUT2D eigenvalue weighted by atomic mass is 9.78. The van der Waals surface area contributed by atoms with E-state index in [0.29, 0.717) is 30.9 Å². The maximum absolute atomic E-state index is 12.7. The third-order valence-electron chi connectivity index (χ3n) is 5.34. The van der Waals surface area contributed by atoms with Crippen molar-refractivity contribution in [2.75, 3.05) is 19.8 Å². The Hall–Kier alpha value is -2.80. The van der Waals surface area contributed by atoms with Crippen molar-refractivity contribution in [2.24, 2.45) is 5.41 Å². The molecule has 0 radical (unpaired) electrons. The van der Waals surface area contributed by atoms with Gasteiger partial charge in [-0.05, 0) is 36.5 Å². The summed E-state index contributed by atoms with van der Waals surface area (Å²) in [5.41, 5.74) is 1.76. The molecule has 0 saturated heterocycles. The lowest BCUT2D eigenvalue weighted by Gasteiger charge is -2.39. The van der Waals surface area contributed by atoms with Crippen molar-refractivity contribution in [3.8, 4) is 22.8 Å². The van der Waals surface area contributed by atoms with E-state index < -0.39 is 11.4 Å². The summed E-state index contributed by atoms with van der Waals surface area (Å²) in [5.74, 6) is -0.310. The van der Waals surface area contributed by atoms with Crippen molar-refractivity contribution >= 4 is 5.97 Å². The number of aliphatic hydroxyl groups is 1. The smallest absolute Gasteiger partial charge is 0.343 e. The van der Waals surface area contributed by atoms with Crippen LogP contribution in [0, 0.1) is 5.41 Å². The van der Waals surface area contributed by atoms with Gasteiger partial charge in [0.05, 0.1) is 18.9 Å². The minimum absolute atomic E-state index is 0.00600. The third kappa shape index (κ3) is 4.21. The number of benzene rings is 1. The van der Waals surface area contributed by atoms with Gasteiger partial charge in [0, 0.05) is 36.9 Å². The van der Waals surface area contributed by atoms with Crippen LogP contribution in [0.25, 0.3) is 11.3 Å². The first kappa shape index (κ1) is 21.9. The molecule has 0 saturated carbocycles. The quantitative estimate of drug-likeness (QED) is 0.555. The van der Waals surface area contributed by atoms with Gasteiger partial charge in [-0.15, -0.1) is 0 Å². The molecule has 7 heteroatoms. The SMILES string of the molecule is CCOC(=O)c1cn2c(cc1=O)-c1cc(O)c(OCCCO)cc1CC2C(C)(C)C. The molecule has 1 aliphatic rings. The standard InChI is InChI=1S/C23H29NO6/c1-5-29-22(28)16-13-24-17(12-18(16)26)15-11-19(27)20(30-8-6-7-25)9-14(15)10-21(24)23(2,3)4/h9,11-13,21,25,27H,5-8,10H2,1-4H3.